The molecule has 3 nitrogen and oxygen atoms in total. The number of hydrogen-bond donors (Lipinski definition) is 1. The fourth-order valence-electron chi connectivity index (χ4n) is 0.259. The van der Waals surface area contributed by atoms with Gasteiger partial charge in [-0.2, -0.15) is 0 Å². The molecular formula is C3H8NO2PS3. The largest absolute Gasteiger partial charge is 0.384 e. The summed E-state index contributed by atoms with van der Waals surface area (Å²) in [5.41, 5.74) is 2.97. The van der Waals surface area contributed by atoms with E-state index in [1.54, 1.807) is 0 Å². The van der Waals surface area contributed by atoms with Crippen LogP contribution in [0.2, 0.25) is 0 Å². The van der Waals surface area contributed by atoms with Crippen molar-refractivity contribution in [2.75, 3.05) is 14.2 Å². The predicted octanol–water partition coefficient (Wildman–Crippen LogP) is 1.48. The number of nitrogens with two attached hydrogens (primary N) is 1. The van der Waals surface area contributed by atoms with E-state index >= 15 is 0 Å². The van der Waals surface area contributed by atoms with Crippen molar-refractivity contribution in [3.63, 3.8) is 0 Å². The molecule has 0 atom stereocenters. The van der Waals surface area contributed by atoms with E-state index in [0.29, 0.717) is 0 Å². The summed E-state index contributed by atoms with van der Waals surface area (Å²) in [5.74, 6) is 0. The van der Waals surface area contributed by atoms with Crippen molar-refractivity contribution >= 4 is 45.4 Å². The minimum Gasteiger partial charge on any atom is -0.384 e. The zero-order chi connectivity index (χ0) is 8.20. The van der Waals surface area contributed by atoms with Crippen molar-refractivity contribution in [2.24, 2.45) is 5.73 Å². The molecule has 0 aromatic carbocycles. The third kappa shape index (κ3) is 3.85. The molecule has 60 valence electrons. The van der Waals surface area contributed by atoms with Crippen LogP contribution in [0.5, 0.6) is 0 Å². The molecule has 0 saturated carbocycles. The molecule has 0 aromatic rings. The molecule has 7 heteroatoms. The van der Waals surface area contributed by atoms with Gasteiger partial charge in [-0.3, -0.25) is 0 Å². The second kappa shape index (κ2) is 4.64. The van der Waals surface area contributed by atoms with Crippen LogP contribution in [0.4, 0.5) is 0 Å². The molecule has 0 fully saturated rings. The van der Waals surface area contributed by atoms with E-state index < -0.39 is 5.69 Å². The van der Waals surface area contributed by atoms with Crippen molar-refractivity contribution < 1.29 is 9.05 Å². The Labute approximate surface area is 74.6 Å². The molecule has 0 heterocycles. The first-order chi connectivity index (χ1) is 4.54. The highest BCUT2D eigenvalue weighted by molar-refractivity contribution is 8.75. The maximum Gasteiger partial charge on any atom is 0.253 e. The van der Waals surface area contributed by atoms with Crippen LogP contribution in [0.25, 0.3) is 0 Å². The van der Waals surface area contributed by atoms with Crippen LogP contribution < -0.4 is 5.73 Å². The van der Waals surface area contributed by atoms with Crippen molar-refractivity contribution in [3.05, 3.63) is 0 Å². The fraction of sp³-hybridized carbons (Fsp3) is 0.667. The molecule has 0 radical (unpaired) electrons. The highest BCUT2D eigenvalue weighted by Gasteiger charge is 2.17. The van der Waals surface area contributed by atoms with Gasteiger partial charge in [0.15, 0.2) is 0 Å². The smallest absolute Gasteiger partial charge is 0.253 e. The monoisotopic (exact) mass is 217 g/mol. The van der Waals surface area contributed by atoms with Crippen LogP contribution in [-0.2, 0) is 20.9 Å². The van der Waals surface area contributed by atoms with Gasteiger partial charge in [0.25, 0.3) is 5.69 Å². The van der Waals surface area contributed by atoms with Crippen molar-refractivity contribution in [2.45, 2.75) is 0 Å². The maximum absolute atomic E-state index is 5.23. The average Bonchev–Trinajstić information content (AvgIpc) is 1.87. The van der Waals surface area contributed by atoms with Gasteiger partial charge in [-0.15, -0.1) is 0 Å². The quantitative estimate of drug-likeness (QED) is 0.570. The Bertz CT molecular complexity index is 165. The molecule has 2 N–H and O–H groups in total. The molecule has 0 aliphatic heterocycles. The Morgan fingerprint density at radius 2 is 1.90 bits per heavy atom. The van der Waals surface area contributed by atoms with Gasteiger partial charge in [0, 0.05) is 14.2 Å². The zero-order valence-electron chi connectivity index (χ0n) is 5.57. The van der Waals surface area contributed by atoms with E-state index in [9.17, 15) is 0 Å². The second-order valence-corrected chi connectivity index (χ2v) is 8.29. The SMILES string of the molecule is COP(=S)(OC)SC(N)=S. The molecule has 0 aliphatic rings. The highest BCUT2D eigenvalue weighted by atomic mass is 32.9. The summed E-state index contributed by atoms with van der Waals surface area (Å²) < 4.78 is 10.1. The van der Waals surface area contributed by atoms with Gasteiger partial charge in [-0.1, -0.05) is 12.2 Å². The first-order valence-corrected chi connectivity index (χ1v) is 6.71. The maximum atomic E-state index is 5.23. The molecule has 0 unspecified atom stereocenters. The van der Waals surface area contributed by atoms with E-state index in [2.05, 4.69) is 12.2 Å². The summed E-state index contributed by atoms with van der Waals surface area (Å²) in [6, 6.07) is 0. The lowest BCUT2D eigenvalue weighted by molar-refractivity contribution is 0.354. The standard InChI is InChI=1S/C3H8NO2PS3/c1-5-7(9,6-2)10-3(4)8/h1-2H3,(H2,4,8). The summed E-state index contributed by atoms with van der Waals surface area (Å²) in [5, 5.41) is 0. The van der Waals surface area contributed by atoms with Crippen LogP contribution in [0.15, 0.2) is 0 Å². The first kappa shape index (κ1) is 10.8. The Kier molecular flexibility index (Phi) is 5.02. The third-order valence-corrected chi connectivity index (χ3v) is 6.29. The summed E-state index contributed by atoms with van der Waals surface area (Å²) in [7, 11) is 2.96. The first-order valence-electron chi connectivity index (χ1n) is 2.24. The van der Waals surface area contributed by atoms with Gasteiger partial charge >= 0.3 is 0 Å². The van der Waals surface area contributed by atoms with Crippen molar-refractivity contribution in [1.82, 2.24) is 0 Å². The molecule has 0 spiro atoms. The fourth-order valence-corrected chi connectivity index (χ4v) is 3.92. The van der Waals surface area contributed by atoms with Crippen LogP contribution in [-0.4, -0.2) is 18.5 Å². The van der Waals surface area contributed by atoms with Crippen molar-refractivity contribution in [3.8, 4) is 0 Å². The second-order valence-electron chi connectivity index (χ2n) is 1.22. The highest BCUT2D eigenvalue weighted by Crippen LogP contribution is 2.59. The van der Waals surface area contributed by atoms with Gasteiger partial charge in [0.2, 0.25) is 0 Å². The third-order valence-electron chi connectivity index (χ3n) is 0.649. The summed E-state index contributed by atoms with van der Waals surface area (Å²) in [4.78, 5) is 0. The molecule has 0 bridgehead atoms. The topological polar surface area (TPSA) is 44.5 Å². The Morgan fingerprint density at radius 1 is 1.50 bits per heavy atom. The Morgan fingerprint density at radius 3 is 2.00 bits per heavy atom. The van der Waals surface area contributed by atoms with Gasteiger partial charge in [-0.05, 0) is 23.2 Å². The minimum absolute atomic E-state index is 0.257. The lowest BCUT2D eigenvalue weighted by atomic mass is 11.5. The average molecular weight is 217 g/mol. The lowest BCUT2D eigenvalue weighted by Crippen LogP contribution is -2.01. The summed E-state index contributed by atoms with van der Waals surface area (Å²) in [6.45, 7) is 0. The lowest BCUT2D eigenvalue weighted by Gasteiger charge is -2.14. The number of thiocarbonyl (C=S) groups is 1. The molecule has 0 aromatic heterocycles. The van der Waals surface area contributed by atoms with E-state index in [1.807, 2.05) is 0 Å². The van der Waals surface area contributed by atoms with Gasteiger partial charge < -0.3 is 14.8 Å². The molecule has 0 rings (SSSR count). The van der Waals surface area contributed by atoms with E-state index in [1.165, 1.54) is 14.2 Å². The van der Waals surface area contributed by atoms with Crippen LogP contribution in [0.1, 0.15) is 0 Å². The predicted molar refractivity (Wildman–Crippen MR) is 52.7 cm³/mol. The Balaban J connectivity index is 4.07. The van der Waals surface area contributed by atoms with Crippen LogP contribution >= 0.6 is 29.3 Å². The van der Waals surface area contributed by atoms with E-state index in [-0.39, 0.29) is 4.32 Å². The Hall–Kier alpha value is 0.810. The van der Waals surface area contributed by atoms with Gasteiger partial charge in [0.05, 0.1) is 0 Å². The van der Waals surface area contributed by atoms with Crippen LogP contribution in [0, 0.1) is 0 Å². The van der Waals surface area contributed by atoms with Gasteiger partial charge in [-0.25, -0.2) is 0 Å². The molecule has 0 saturated heterocycles. The zero-order valence-corrected chi connectivity index (χ0v) is 8.91. The minimum atomic E-state index is -2.25. The summed E-state index contributed by atoms with van der Waals surface area (Å²) >= 11 is 10.7. The van der Waals surface area contributed by atoms with Crippen molar-refractivity contribution in [1.29, 1.82) is 0 Å². The molecular weight excluding hydrogens is 209 g/mol. The van der Waals surface area contributed by atoms with E-state index in [0.717, 1.165) is 11.4 Å². The van der Waals surface area contributed by atoms with Gasteiger partial charge in [0.1, 0.15) is 4.32 Å². The molecule has 0 amide bonds. The number of hydrogen-bond acceptors (Lipinski definition) is 5. The summed E-state index contributed by atoms with van der Waals surface area (Å²) in [6.07, 6.45) is 0. The number of rotatable bonds is 3. The normalized spacial score (nSPS) is 11.4. The molecule has 0 aliphatic carbocycles. The van der Waals surface area contributed by atoms with E-state index in [4.69, 9.17) is 26.6 Å². The molecule has 10 heavy (non-hydrogen) atoms. The van der Waals surface area contributed by atoms with Crippen LogP contribution in [0.3, 0.4) is 0 Å².